The van der Waals surface area contributed by atoms with Crippen molar-refractivity contribution in [3.05, 3.63) is 23.7 Å². The van der Waals surface area contributed by atoms with Gasteiger partial charge < -0.3 is 14.6 Å². The summed E-state index contributed by atoms with van der Waals surface area (Å²) in [4.78, 5) is 2.39. The van der Waals surface area contributed by atoms with Crippen LogP contribution in [0.15, 0.2) is 16.5 Å². The van der Waals surface area contributed by atoms with Crippen LogP contribution in [0.2, 0.25) is 0 Å². The van der Waals surface area contributed by atoms with Crippen LogP contribution in [0.25, 0.3) is 0 Å². The minimum absolute atomic E-state index is 0.653. The molecule has 17 heavy (non-hydrogen) atoms. The molecule has 96 valence electrons. The van der Waals surface area contributed by atoms with Crippen LogP contribution in [-0.2, 0) is 12.3 Å². The fraction of sp³-hybridized carbons (Fsp3) is 0.692. The largest absolute Gasteiger partial charge is 0.464 e. The molecule has 2 heterocycles. The van der Waals surface area contributed by atoms with E-state index in [1.807, 2.05) is 0 Å². The second kappa shape index (κ2) is 6.47. The summed E-state index contributed by atoms with van der Waals surface area (Å²) in [5.74, 6) is 3.11. The Morgan fingerprint density at radius 3 is 2.76 bits per heavy atom. The minimum atomic E-state index is 0.653. The maximum Gasteiger partial charge on any atom is 0.118 e. The van der Waals surface area contributed by atoms with E-state index in [-0.39, 0.29) is 0 Å². The molecule has 1 aliphatic heterocycles. The Hall–Kier alpha value is -0.450. The Kier molecular flexibility index (Phi) is 4.95. The molecular formula is C13H22N2OS. The highest BCUT2D eigenvalue weighted by molar-refractivity contribution is 7.97. The van der Waals surface area contributed by atoms with E-state index in [1.165, 1.54) is 25.9 Å². The second-order valence-corrected chi connectivity index (χ2v) is 5.63. The zero-order valence-corrected chi connectivity index (χ0v) is 11.6. The predicted molar refractivity (Wildman–Crippen MR) is 73.3 cm³/mol. The highest BCUT2D eigenvalue weighted by atomic mass is 32.2. The second-order valence-electron chi connectivity index (χ2n) is 4.76. The third kappa shape index (κ3) is 4.05. The number of thioether (sulfide) groups is 1. The van der Waals surface area contributed by atoms with E-state index in [2.05, 4.69) is 35.7 Å². The van der Waals surface area contributed by atoms with Crippen molar-refractivity contribution in [2.75, 3.05) is 26.4 Å². The smallest absolute Gasteiger partial charge is 0.118 e. The number of nitrogens with one attached hydrogen (secondary N) is 1. The molecule has 0 amide bonds. The number of furan rings is 1. The lowest BCUT2D eigenvalue weighted by Gasteiger charge is -2.29. The van der Waals surface area contributed by atoms with Crippen molar-refractivity contribution >= 4 is 11.8 Å². The van der Waals surface area contributed by atoms with Crippen LogP contribution in [0.5, 0.6) is 0 Å². The summed E-state index contributed by atoms with van der Waals surface area (Å²) < 4.78 is 5.74. The quantitative estimate of drug-likeness (QED) is 0.873. The zero-order chi connectivity index (χ0) is 12.1. The van der Waals surface area contributed by atoms with Crippen molar-refractivity contribution in [3.8, 4) is 0 Å². The van der Waals surface area contributed by atoms with Gasteiger partial charge in [0, 0.05) is 6.04 Å². The molecule has 0 spiro atoms. The average molecular weight is 254 g/mol. The molecule has 0 unspecified atom stereocenters. The molecule has 1 N–H and O–H groups in total. The van der Waals surface area contributed by atoms with Crippen molar-refractivity contribution in [3.63, 3.8) is 0 Å². The summed E-state index contributed by atoms with van der Waals surface area (Å²) in [5, 5.41) is 3.59. The fourth-order valence-corrected chi connectivity index (χ4v) is 2.63. The first-order valence-electron chi connectivity index (χ1n) is 6.26. The number of likely N-dealkylation sites (tertiary alicyclic amines) is 1. The van der Waals surface area contributed by atoms with Crippen molar-refractivity contribution in [2.45, 2.75) is 31.2 Å². The minimum Gasteiger partial charge on any atom is -0.464 e. The van der Waals surface area contributed by atoms with Gasteiger partial charge in [0.05, 0.1) is 12.3 Å². The third-order valence-corrected chi connectivity index (χ3v) is 3.86. The van der Waals surface area contributed by atoms with E-state index in [9.17, 15) is 0 Å². The van der Waals surface area contributed by atoms with Crippen LogP contribution < -0.4 is 5.32 Å². The lowest BCUT2D eigenvalue weighted by atomic mass is 10.1. The third-order valence-electron chi connectivity index (χ3n) is 3.29. The molecule has 0 radical (unpaired) electrons. The standard InChI is InChI=1S/C13H22N2OS/c1-15-7-5-11(6-8-15)14-9-12-3-4-13(16-12)10-17-2/h3-4,11,14H,5-10H2,1-2H3. The molecule has 0 atom stereocenters. The SMILES string of the molecule is CSCc1ccc(CNC2CCN(C)CC2)o1. The number of hydrogen-bond acceptors (Lipinski definition) is 4. The monoisotopic (exact) mass is 254 g/mol. The molecule has 4 heteroatoms. The lowest BCUT2D eigenvalue weighted by molar-refractivity contribution is 0.231. The maximum absolute atomic E-state index is 5.74. The van der Waals surface area contributed by atoms with Crippen LogP contribution in [0.4, 0.5) is 0 Å². The molecule has 1 saturated heterocycles. The first kappa shape index (κ1) is 13.0. The molecule has 1 fully saturated rings. The summed E-state index contributed by atoms with van der Waals surface area (Å²) in [5.41, 5.74) is 0. The summed E-state index contributed by atoms with van der Waals surface area (Å²) in [7, 11) is 2.19. The van der Waals surface area contributed by atoms with E-state index in [0.29, 0.717) is 6.04 Å². The predicted octanol–water partition coefficient (Wildman–Crippen LogP) is 2.33. The summed E-state index contributed by atoms with van der Waals surface area (Å²) in [6.45, 7) is 3.27. The van der Waals surface area contributed by atoms with Gasteiger partial charge in [0.15, 0.2) is 0 Å². The van der Waals surface area contributed by atoms with E-state index in [1.54, 1.807) is 11.8 Å². The van der Waals surface area contributed by atoms with Gasteiger partial charge in [-0.3, -0.25) is 0 Å². The maximum atomic E-state index is 5.74. The molecule has 1 aromatic rings. The summed E-state index contributed by atoms with van der Waals surface area (Å²) in [6, 6.07) is 4.83. The van der Waals surface area contributed by atoms with Gasteiger partial charge >= 0.3 is 0 Å². The number of hydrogen-bond donors (Lipinski definition) is 1. The number of piperidine rings is 1. The zero-order valence-electron chi connectivity index (χ0n) is 10.7. The van der Waals surface area contributed by atoms with Crippen LogP contribution in [0, 0.1) is 0 Å². The Morgan fingerprint density at radius 1 is 1.35 bits per heavy atom. The van der Waals surface area contributed by atoms with Gasteiger partial charge in [0.1, 0.15) is 11.5 Å². The molecule has 1 aliphatic rings. The summed E-state index contributed by atoms with van der Waals surface area (Å²) >= 11 is 1.79. The first-order valence-corrected chi connectivity index (χ1v) is 7.66. The van der Waals surface area contributed by atoms with Crippen LogP contribution in [-0.4, -0.2) is 37.3 Å². The van der Waals surface area contributed by atoms with Crippen LogP contribution in [0.3, 0.4) is 0 Å². The lowest BCUT2D eigenvalue weighted by Crippen LogP contribution is -2.40. The Bertz CT molecular complexity index is 332. The van der Waals surface area contributed by atoms with Gasteiger partial charge in [-0.2, -0.15) is 11.8 Å². The molecule has 3 nitrogen and oxygen atoms in total. The van der Waals surface area contributed by atoms with E-state index >= 15 is 0 Å². The van der Waals surface area contributed by atoms with Gasteiger partial charge in [0.25, 0.3) is 0 Å². The Labute approximate surface area is 108 Å². The number of rotatable bonds is 5. The summed E-state index contributed by atoms with van der Waals surface area (Å²) in [6.07, 6.45) is 4.59. The molecule has 0 aliphatic carbocycles. The topological polar surface area (TPSA) is 28.4 Å². The van der Waals surface area contributed by atoms with Crippen LogP contribution >= 0.6 is 11.8 Å². The highest BCUT2D eigenvalue weighted by Crippen LogP contribution is 2.14. The van der Waals surface area contributed by atoms with Crippen molar-refractivity contribution < 1.29 is 4.42 Å². The van der Waals surface area contributed by atoms with Gasteiger partial charge in [-0.1, -0.05) is 0 Å². The Balaban J connectivity index is 1.73. The Morgan fingerprint density at radius 2 is 2.06 bits per heavy atom. The van der Waals surface area contributed by atoms with Crippen LogP contribution in [0.1, 0.15) is 24.4 Å². The van der Waals surface area contributed by atoms with Gasteiger partial charge in [0.2, 0.25) is 0 Å². The molecule has 0 aromatic carbocycles. The number of nitrogens with zero attached hydrogens (tertiary/aromatic N) is 1. The van der Waals surface area contributed by atoms with E-state index in [0.717, 1.165) is 23.8 Å². The van der Waals surface area contributed by atoms with Crippen molar-refractivity contribution in [2.24, 2.45) is 0 Å². The van der Waals surface area contributed by atoms with Crippen molar-refractivity contribution in [1.29, 1.82) is 0 Å². The molecule has 0 saturated carbocycles. The van der Waals surface area contributed by atoms with Gasteiger partial charge in [-0.25, -0.2) is 0 Å². The van der Waals surface area contributed by atoms with Gasteiger partial charge in [-0.15, -0.1) is 0 Å². The highest BCUT2D eigenvalue weighted by Gasteiger charge is 2.16. The van der Waals surface area contributed by atoms with Crippen molar-refractivity contribution in [1.82, 2.24) is 10.2 Å². The molecular weight excluding hydrogens is 232 g/mol. The fourth-order valence-electron chi connectivity index (χ4n) is 2.19. The molecule has 1 aromatic heterocycles. The van der Waals surface area contributed by atoms with E-state index < -0.39 is 0 Å². The van der Waals surface area contributed by atoms with Gasteiger partial charge in [-0.05, 0) is 51.4 Å². The van der Waals surface area contributed by atoms with E-state index in [4.69, 9.17) is 4.42 Å². The first-order chi connectivity index (χ1) is 8.28. The normalized spacial score (nSPS) is 18.7. The average Bonchev–Trinajstić information content (AvgIpc) is 2.77. The molecule has 0 bridgehead atoms. The molecule has 2 rings (SSSR count).